The molecule has 0 fully saturated rings. The second-order valence-corrected chi connectivity index (χ2v) is 3.39. The van der Waals surface area contributed by atoms with Crippen molar-refractivity contribution in [1.29, 1.82) is 0 Å². The molecule has 1 aromatic carbocycles. The molecular formula is C12H13NO3. The van der Waals surface area contributed by atoms with E-state index in [1.54, 1.807) is 14.2 Å². The first-order valence-corrected chi connectivity index (χ1v) is 4.90. The predicted molar refractivity (Wildman–Crippen MR) is 59.8 cm³/mol. The summed E-state index contributed by atoms with van der Waals surface area (Å²) < 4.78 is 15.4. The van der Waals surface area contributed by atoms with Gasteiger partial charge in [-0.05, 0) is 25.1 Å². The van der Waals surface area contributed by atoms with Crippen LogP contribution in [0.15, 0.2) is 28.8 Å². The molecule has 4 heteroatoms. The minimum atomic E-state index is 0.681. The van der Waals surface area contributed by atoms with Crippen molar-refractivity contribution in [3.63, 3.8) is 0 Å². The highest BCUT2D eigenvalue weighted by atomic mass is 16.5. The van der Waals surface area contributed by atoms with Crippen LogP contribution >= 0.6 is 0 Å². The zero-order valence-corrected chi connectivity index (χ0v) is 9.48. The van der Waals surface area contributed by atoms with E-state index in [0.717, 1.165) is 17.0 Å². The summed E-state index contributed by atoms with van der Waals surface area (Å²) in [5.41, 5.74) is 1.73. The van der Waals surface area contributed by atoms with Crippen molar-refractivity contribution in [3.8, 4) is 22.8 Å². The normalized spacial score (nSPS) is 10.2. The van der Waals surface area contributed by atoms with Crippen LogP contribution in [0, 0.1) is 6.92 Å². The number of ether oxygens (including phenoxy) is 2. The quantitative estimate of drug-likeness (QED) is 0.796. The summed E-state index contributed by atoms with van der Waals surface area (Å²) in [6.07, 6.45) is 0. The Kier molecular flexibility index (Phi) is 2.81. The van der Waals surface area contributed by atoms with Crippen molar-refractivity contribution in [1.82, 2.24) is 5.16 Å². The summed E-state index contributed by atoms with van der Waals surface area (Å²) in [4.78, 5) is 0. The maximum Gasteiger partial charge on any atom is 0.161 e. The van der Waals surface area contributed by atoms with Gasteiger partial charge in [0.15, 0.2) is 11.5 Å². The fourth-order valence-corrected chi connectivity index (χ4v) is 1.50. The predicted octanol–water partition coefficient (Wildman–Crippen LogP) is 2.67. The molecule has 0 aliphatic rings. The van der Waals surface area contributed by atoms with Gasteiger partial charge in [0.1, 0.15) is 11.5 Å². The van der Waals surface area contributed by atoms with E-state index in [1.165, 1.54) is 0 Å². The number of hydrogen-bond acceptors (Lipinski definition) is 4. The van der Waals surface area contributed by atoms with Crippen LogP contribution in [0.1, 0.15) is 5.76 Å². The average Bonchev–Trinajstić information content (AvgIpc) is 2.75. The van der Waals surface area contributed by atoms with Crippen LogP contribution in [0.5, 0.6) is 11.5 Å². The number of hydrogen-bond donors (Lipinski definition) is 0. The molecule has 0 amide bonds. The van der Waals surface area contributed by atoms with Crippen molar-refractivity contribution in [2.75, 3.05) is 14.2 Å². The molecule has 0 aliphatic carbocycles. The van der Waals surface area contributed by atoms with Gasteiger partial charge in [-0.2, -0.15) is 0 Å². The first-order chi connectivity index (χ1) is 7.74. The third kappa shape index (κ3) is 1.86. The van der Waals surface area contributed by atoms with Crippen LogP contribution in [0.25, 0.3) is 11.3 Å². The second kappa shape index (κ2) is 4.26. The average molecular weight is 219 g/mol. The largest absolute Gasteiger partial charge is 0.493 e. The lowest BCUT2D eigenvalue weighted by Gasteiger charge is -2.07. The lowest BCUT2D eigenvalue weighted by atomic mass is 10.1. The molecule has 0 radical (unpaired) electrons. The lowest BCUT2D eigenvalue weighted by Crippen LogP contribution is -1.90. The molecule has 16 heavy (non-hydrogen) atoms. The van der Waals surface area contributed by atoms with Gasteiger partial charge in [-0.1, -0.05) is 5.16 Å². The van der Waals surface area contributed by atoms with E-state index in [1.807, 2.05) is 31.2 Å². The zero-order valence-electron chi connectivity index (χ0n) is 9.48. The Labute approximate surface area is 93.8 Å². The van der Waals surface area contributed by atoms with E-state index in [4.69, 9.17) is 14.0 Å². The summed E-state index contributed by atoms with van der Waals surface area (Å²) in [7, 11) is 3.22. The van der Waals surface area contributed by atoms with Gasteiger partial charge in [0.2, 0.25) is 0 Å². The SMILES string of the molecule is COc1ccc(-c2cc(C)on2)cc1OC. The Balaban J connectivity index is 2.43. The van der Waals surface area contributed by atoms with E-state index in [0.29, 0.717) is 11.5 Å². The molecule has 4 nitrogen and oxygen atoms in total. The highest BCUT2D eigenvalue weighted by Crippen LogP contribution is 2.31. The second-order valence-electron chi connectivity index (χ2n) is 3.39. The summed E-state index contributed by atoms with van der Waals surface area (Å²) in [5.74, 6) is 2.16. The van der Waals surface area contributed by atoms with Gasteiger partial charge < -0.3 is 14.0 Å². The molecule has 2 rings (SSSR count). The van der Waals surface area contributed by atoms with E-state index in [9.17, 15) is 0 Å². The maximum absolute atomic E-state index is 5.22. The molecule has 0 bridgehead atoms. The van der Waals surface area contributed by atoms with Gasteiger partial charge in [-0.15, -0.1) is 0 Å². The Morgan fingerprint density at radius 1 is 1.06 bits per heavy atom. The minimum Gasteiger partial charge on any atom is -0.493 e. The van der Waals surface area contributed by atoms with Crippen LogP contribution in [0.4, 0.5) is 0 Å². The third-order valence-corrected chi connectivity index (χ3v) is 2.31. The molecule has 0 saturated carbocycles. The Hall–Kier alpha value is -1.97. The van der Waals surface area contributed by atoms with Crippen LogP contribution in [0.3, 0.4) is 0 Å². The van der Waals surface area contributed by atoms with E-state index < -0.39 is 0 Å². The lowest BCUT2D eigenvalue weighted by molar-refractivity contribution is 0.355. The molecule has 0 atom stereocenters. The molecule has 2 aromatic rings. The van der Waals surface area contributed by atoms with Gasteiger partial charge in [0.25, 0.3) is 0 Å². The number of methoxy groups -OCH3 is 2. The summed E-state index contributed by atoms with van der Waals surface area (Å²) in [5, 5.41) is 3.95. The van der Waals surface area contributed by atoms with Crippen molar-refractivity contribution >= 4 is 0 Å². The number of aromatic nitrogens is 1. The Bertz CT molecular complexity index is 491. The highest BCUT2D eigenvalue weighted by molar-refractivity contribution is 5.63. The Morgan fingerprint density at radius 2 is 1.81 bits per heavy atom. The number of rotatable bonds is 3. The molecule has 0 unspecified atom stereocenters. The van der Waals surface area contributed by atoms with Crippen molar-refractivity contribution in [3.05, 3.63) is 30.0 Å². The van der Waals surface area contributed by atoms with Gasteiger partial charge in [-0.25, -0.2) is 0 Å². The van der Waals surface area contributed by atoms with Crippen LogP contribution in [-0.2, 0) is 0 Å². The van der Waals surface area contributed by atoms with Gasteiger partial charge >= 0.3 is 0 Å². The summed E-state index contributed by atoms with van der Waals surface area (Å²) in [6, 6.07) is 7.51. The van der Waals surface area contributed by atoms with E-state index in [2.05, 4.69) is 5.16 Å². The molecule has 1 heterocycles. The van der Waals surface area contributed by atoms with Gasteiger partial charge in [-0.3, -0.25) is 0 Å². The third-order valence-electron chi connectivity index (χ3n) is 2.31. The molecule has 0 N–H and O–H groups in total. The topological polar surface area (TPSA) is 44.5 Å². The van der Waals surface area contributed by atoms with Gasteiger partial charge in [0, 0.05) is 11.6 Å². The molecular weight excluding hydrogens is 206 g/mol. The smallest absolute Gasteiger partial charge is 0.161 e. The molecule has 0 aliphatic heterocycles. The molecule has 1 aromatic heterocycles. The maximum atomic E-state index is 5.22. The number of nitrogens with zero attached hydrogens (tertiary/aromatic N) is 1. The van der Waals surface area contributed by atoms with Crippen LogP contribution in [-0.4, -0.2) is 19.4 Å². The standard InChI is InChI=1S/C12H13NO3/c1-8-6-10(13-16-8)9-4-5-11(14-2)12(7-9)15-3/h4-7H,1-3H3. The first-order valence-electron chi connectivity index (χ1n) is 4.90. The number of benzene rings is 1. The fourth-order valence-electron chi connectivity index (χ4n) is 1.50. The van der Waals surface area contributed by atoms with E-state index >= 15 is 0 Å². The molecule has 0 spiro atoms. The zero-order chi connectivity index (χ0) is 11.5. The van der Waals surface area contributed by atoms with Crippen molar-refractivity contribution in [2.45, 2.75) is 6.92 Å². The minimum absolute atomic E-state index is 0.681. The number of aryl methyl sites for hydroxylation is 1. The van der Waals surface area contributed by atoms with Crippen LogP contribution < -0.4 is 9.47 Å². The Morgan fingerprint density at radius 3 is 2.38 bits per heavy atom. The first kappa shape index (κ1) is 10.5. The fraction of sp³-hybridized carbons (Fsp3) is 0.250. The summed E-state index contributed by atoms with van der Waals surface area (Å²) in [6.45, 7) is 1.86. The van der Waals surface area contributed by atoms with Gasteiger partial charge in [0.05, 0.1) is 14.2 Å². The molecule has 84 valence electrons. The van der Waals surface area contributed by atoms with Crippen molar-refractivity contribution in [2.24, 2.45) is 0 Å². The summed E-state index contributed by atoms with van der Waals surface area (Å²) >= 11 is 0. The van der Waals surface area contributed by atoms with Crippen LogP contribution in [0.2, 0.25) is 0 Å². The van der Waals surface area contributed by atoms with Crippen molar-refractivity contribution < 1.29 is 14.0 Å². The monoisotopic (exact) mass is 219 g/mol. The molecule has 0 saturated heterocycles. The highest BCUT2D eigenvalue weighted by Gasteiger charge is 2.08. The van der Waals surface area contributed by atoms with E-state index in [-0.39, 0.29) is 0 Å².